The van der Waals surface area contributed by atoms with E-state index in [0.717, 1.165) is 11.1 Å². The van der Waals surface area contributed by atoms with Crippen LogP contribution in [0.15, 0.2) is 21.7 Å². The third-order valence-electron chi connectivity index (χ3n) is 2.54. The van der Waals surface area contributed by atoms with Gasteiger partial charge < -0.3 is 15.2 Å². The minimum absolute atomic E-state index is 0. The van der Waals surface area contributed by atoms with E-state index in [-0.39, 0.29) is 17.0 Å². The highest BCUT2D eigenvalue weighted by molar-refractivity contribution is 9.11. The van der Waals surface area contributed by atoms with Crippen molar-refractivity contribution in [2.45, 2.75) is 6.42 Å². The molecule has 0 aromatic heterocycles. The first-order chi connectivity index (χ1) is 8.13. The number of aliphatic imine (C=N–C) groups is 1. The Hall–Kier alpha value is -1.01. The monoisotopic (exact) mass is 376 g/mol. The van der Waals surface area contributed by atoms with Gasteiger partial charge in [0.2, 0.25) is 0 Å². The van der Waals surface area contributed by atoms with Crippen LogP contribution in [0.4, 0.5) is 0 Å². The zero-order valence-electron chi connectivity index (χ0n) is 10.1. The van der Waals surface area contributed by atoms with E-state index >= 15 is 0 Å². The second-order valence-corrected chi connectivity index (χ2v) is 4.47. The zero-order valence-corrected chi connectivity index (χ0v) is 13.4. The summed E-state index contributed by atoms with van der Waals surface area (Å²) in [6.07, 6.45) is 2.51. The molecule has 0 unspecified atom stereocenters. The summed E-state index contributed by atoms with van der Waals surface area (Å²) >= 11 is 3.35. The summed E-state index contributed by atoms with van der Waals surface area (Å²) in [6, 6.07) is 3.85. The van der Waals surface area contributed by atoms with Gasteiger partial charge in [0.15, 0.2) is 11.5 Å². The van der Waals surface area contributed by atoms with Gasteiger partial charge in [0.1, 0.15) is 10.4 Å². The van der Waals surface area contributed by atoms with Crippen LogP contribution in [0.3, 0.4) is 0 Å². The summed E-state index contributed by atoms with van der Waals surface area (Å²) in [4.78, 5) is 4.19. The maximum Gasteiger partial charge on any atom is 0.161 e. The quantitative estimate of drug-likeness (QED) is 0.806. The number of fused-ring (bicyclic) bond motifs is 1. The highest BCUT2D eigenvalue weighted by atomic mass is 79.9. The Bertz CT molecular complexity index is 513. The molecule has 0 amide bonds. The molecule has 0 saturated carbocycles. The van der Waals surface area contributed by atoms with Crippen molar-refractivity contribution in [2.24, 2.45) is 10.7 Å². The summed E-state index contributed by atoms with van der Waals surface area (Å²) < 4.78 is 11.2. The Kier molecular flexibility index (Phi) is 5.22. The molecule has 0 radical (unpaired) electrons. The molecular weight excluding hydrogens is 364 g/mol. The third-order valence-corrected chi connectivity index (χ3v) is 2.95. The molecule has 1 aliphatic heterocycles. The van der Waals surface area contributed by atoms with E-state index in [0.29, 0.717) is 28.4 Å². The molecule has 4 nitrogen and oxygen atoms in total. The van der Waals surface area contributed by atoms with Crippen molar-refractivity contribution in [1.82, 2.24) is 0 Å². The number of hydrogen-bond donors (Lipinski definition) is 1. The van der Waals surface area contributed by atoms with Crippen LogP contribution in [-0.2, 0) is 6.42 Å². The number of ether oxygens (including phenoxy) is 2. The van der Waals surface area contributed by atoms with Gasteiger partial charge in [0.25, 0.3) is 0 Å². The standard InChI is InChI=1S/C12H13BrN2O2.BrH/c1-16-9-3-7-5-11(13)15-12(14)6-8(7)4-10(9)17-2;/h3-5H,6H2,1-2H3,(H2,14,15);1H. The van der Waals surface area contributed by atoms with Crippen molar-refractivity contribution in [3.8, 4) is 11.5 Å². The van der Waals surface area contributed by atoms with Crippen LogP contribution in [0.5, 0.6) is 11.5 Å². The molecule has 98 valence electrons. The molecule has 18 heavy (non-hydrogen) atoms. The topological polar surface area (TPSA) is 56.8 Å². The largest absolute Gasteiger partial charge is 0.493 e. The molecule has 1 aromatic carbocycles. The van der Waals surface area contributed by atoms with Gasteiger partial charge in [-0.3, -0.25) is 0 Å². The normalized spacial score (nSPS) is 13.5. The molecule has 6 heteroatoms. The number of nitrogens with two attached hydrogens (primary N) is 1. The number of methoxy groups -OCH3 is 2. The van der Waals surface area contributed by atoms with Gasteiger partial charge in [0.05, 0.1) is 14.2 Å². The molecule has 2 N–H and O–H groups in total. The summed E-state index contributed by atoms with van der Waals surface area (Å²) in [7, 11) is 3.23. The molecule has 1 aromatic rings. The third kappa shape index (κ3) is 3.05. The van der Waals surface area contributed by atoms with E-state index in [1.54, 1.807) is 14.2 Å². The van der Waals surface area contributed by atoms with Crippen LogP contribution < -0.4 is 15.2 Å². The maximum absolute atomic E-state index is 5.81. The van der Waals surface area contributed by atoms with Crippen LogP contribution in [0.25, 0.3) is 6.08 Å². The van der Waals surface area contributed by atoms with Gasteiger partial charge in [-0.15, -0.1) is 17.0 Å². The highest BCUT2D eigenvalue weighted by Gasteiger charge is 2.13. The molecule has 0 atom stereocenters. The van der Waals surface area contributed by atoms with E-state index < -0.39 is 0 Å². The second-order valence-electron chi connectivity index (χ2n) is 3.65. The average Bonchev–Trinajstić information content (AvgIpc) is 2.43. The minimum atomic E-state index is 0. The first-order valence-electron chi connectivity index (χ1n) is 5.09. The van der Waals surface area contributed by atoms with Crippen molar-refractivity contribution in [3.05, 3.63) is 27.9 Å². The Morgan fingerprint density at radius 2 is 1.83 bits per heavy atom. The fourth-order valence-electron chi connectivity index (χ4n) is 1.76. The highest BCUT2D eigenvalue weighted by Crippen LogP contribution is 2.33. The molecule has 2 rings (SSSR count). The molecule has 0 spiro atoms. The van der Waals surface area contributed by atoms with Crippen molar-refractivity contribution >= 4 is 44.8 Å². The SMILES string of the molecule is Br.COc1cc2c(cc1OC)CC(N)=NC(Br)=C2. The summed E-state index contributed by atoms with van der Waals surface area (Å²) in [5.74, 6) is 1.97. The van der Waals surface area contributed by atoms with Gasteiger partial charge in [0, 0.05) is 6.42 Å². The fraction of sp³-hybridized carbons (Fsp3) is 0.250. The lowest BCUT2D eigenvalue weighted by molar-refractivity contribution is 0.354. The van der Waals surface area contributed by atoms with E-state index in [1.165, 1.54) is 0 Å². The Labute approximate surface area is 125 Å². The molecule has 1 aliphatic rings. The minimum Gasteiger partial charge on any atom is -0.493 e. The molecule has 0 saturated heterocycles. The average molecular weight is 378 g/mol. The number of halogens is 2. The van der Waals surface area contributed by atoms with Crippen molar-refractivity contribution in [1.29, 1.82) is 0 Å². The van der Waals surface area contributed by atoms with Gasteiger partial charge in [-0.1, -0.05) is 0 Å². The molecule has 0 bridgehead atoms. The summed E-state index contributed by atoms with van der Waals surface area (Å²) in [5.41, 5.74) is 7.90. The van der Waals surface area contributed by atoms with Gasteiger partial charge >= 0.3 is 0 Å². The lowest BCUT2D eigenvalue weighted by Gasteiger charge is -2.11. The first kappa shape index (κ1) is 15.0. The van der Waals surface area contributed by atoms with Crippen LogP contribution in [0.2, 0.25) is 0 Å². The maximum atomic E-state index is 5.81. The molecule has 0 aliphatic carbocycles. The summed E-state index contributed by atoms with van der Waals surface area (Å²) in [6.45, 7) is 0. The van der Waals surface area contributed by atoms with Crippen molar-refractivity contribution in [3.63, 3.8) is 0 Å². The van der Waals surface area contributed by atoms with Crippen molar-refractivity contribution < 1.29 is 9.47 Å². The smallest absolute Gasteiger partial charge is 0.161 e. The lowest BCUT2D eigenvalue weighted by atomic mass is 10.0. The number of rotatable bonds is 2. The summed E-state index contributed by atoms with van der Waals surface area (Å²) in [5, 5.41) is 0. The lowest BCUT2D eigenvalue weighted by Crippen LogP contribution is -2.14. The van der Waals surface area contributed by atoms with Gasteiger partial charge in [-0.2, -0.15) is 0 Å². The van der Waals surface area contributed by atoms with Crippen LogP contribution in [0, 0.1) is 0 Å². The van der Waals surface area contributed by atoms with E-state index in [2.05, 4.69) is 20.9 Å². The Balaban J connectivity index is 0.00000162. The van der Waals surface area contributed by atoms with Gasteiger partial charge in [-0.05, 0) is 45.3 Å². The number of benzene rings is 1. The van der Waals surface area contributed by atoms with Crippen LogP contribution in [-0.4, -0.2) is 20.1 Å². The predicted molar refractivity (Wildman–Crippen MR) is 82.1 cm³/mol. The Morgan fingerprint density at radius 3 is 2.44 bits per heavy atom. The number of nitrogens with zero attached hydrogens (tertiary/aromatic N) is 1. The molecule has 0 fully saturated rings. The molecule has 1 heterocycles. The van der Waals surface area contributed by atoms with Crippen LogP contribution >= 0.6 is 32.9 Å². The number of hydrogen-bond acceptors (Lipinski definition) is 4. The van der Waals surface area contributed by atoms with E-state index in [4.69, 9.17) is 15.2 Å². The fourth-order valence-corrected chi connectivity index (χ4v) is 2.23. The molecular formula is C12H14Br2N2O2. The van der Waals surface area contributed by atoms with Crippen molar-refractivity contribution in [2.75, 3.05) is 14.2 Å². The zero-order chi connectivity index (χ0) is 12.4. The van der Waals surface area contributed by atoms with E-state index in [1.807, 2.05) is 18.2 Å². The van der Waals surface area contributed by atoms with E-state index in [9.17, 15) is 0 Å². The second kappa shape index (κ2) is 6.24. The van der Waals surface area contributed by atoms with Gasteiger partial charge in [-0.25, -0.2) is 4.99 Å². The first-order valence-corrected chi connectivity index (χ1v) is 5.88. The Morgan fingerprint density at radius 1 is 1.22 bits per heavy atom. The predicted octanol–water partition coefficient (Wildman–Crippen LogP) is 2.89. The number of amidine groups is 1. The van der Waals surface area contributed by atoms with Crippen LogP contribution in [0.1, 0.15) is 11.1 Å².